The average Bonchev–Trinajstić information content (AvgIpc) is 3.29. The number of carbonyl (C=O) groups is 2. The zero-order valence-corrected chi connectivity index (χ0v) is 21.5. The van der Waals surface area contributed by atoms with Crippen LogP contribution < -0.4 is 16.2 Å². The second kappa shape index (κ2) is 10.3. The highest BCUT2D eigenvalue weighted by atomic mass is 16.2. The Morgan fingerprint density at radius 2 is 1.78 bits per heavy atom. The molecule has 3 N–H and O–H groups in total. The minimum Gasteiger partial charge on any atom is -0.321 e. The van der Waals surface area contributed by atoms with Gasteiger partial charge >= 0.3 is 0 Å². The monoisotopic (exact) mass is 500 g/mol. The number of benzene rings is 2. The summed E-state index contributed by atoms with van der Waals surface area (Å²) in [7, 11) is 2.17. The normalized spacial score (nSPS) is 25.0. The number of nitrogens with one attached hydrogen (secondary N) is 3. The summed E-state index contributed by atoms with van der Waals surface area (Å²) in [6, 6.07) is 16.1. The van der Waals surface area contributed by atoms with Crippen LogP contribution in [0.15, 0.2) is 48.5 Å². The van der Waals surface area contributed by atoms with Crippen molar-refractivity contribution < 1.29 is 9.59 Å². The number of aromatic nitrogens is 2. The molecule has 8 heteroatoms. The number of fused-ring (bicyclic) bond motifs is 2. The highest BCUT2D eigenvalue weighted by molar-refractivity contribution is 6.11. The van der Waals surface area contributed by atoms with E-state index in [1.165, 1.54) is 6.42 Å². The van der Waals surface area contributed by atoms with E-state index in [-0.39, 0.29) is 23.8 Å². The second-order valence-corrected chi connectivity index (χ2v) is 11.0. The molecular weight excluding hydrogens is 464 g/mol. The van der Waals surface area contributed by atoms with Crippen molar-refractivity contribution >= 4 is 28.4 Å². The van der Waals surface area contributed by atoms with Crippen LogP contribution in [0.1, 0.15) is 60.6 Å². The number of amides is 2. The fourth-order valence-electron chi connectivity index (χ4n) is 6.45. The molecule has 194 valence electrons. The van der Waals surface area contributed by atoms with E-state index < -0.39 is 0 Å². The number of nitrogens with zero attached hydrogens (tertiary/aromatic N) is 3. The number of hydrogen-bond donors (Lipinski definition) is 3. The number of hydrogen-bond acceptors (Lipinski definition) is 5. The summed E-state index contributed by atoms with van der Waals surface area (Å²) in [4.78, 5) is 28.0. The van der Waals surface area contributed by atoms with E-state index >= 15 is 0 Å². The van der Waals surface area contributed by atoms with Crippen LogP contribution in [0.3, 0.4) is 0 Å². The third-order valence-electron chi connectivity index (χ3n) is 8.61. The van der Waals surface area contributed by atoms with Gasteiger partial charge in [-0.2, -0.15) is 5.10 Å². The predicted molar refractivity (Wildman–Crippen MR) is 144 cm³/mol. The second-order valence-electron chi connectivity index (χ2n) is 11.0. The maximum Gasteiger partial charge on any atom is 0.276 e. The van der Waals surface area contributed by atoms with Crippen molar-refractivity contribution in [1.82, 2.24) is 25.5 Å². The Morgan fingerprint density at radius 3 is 2.59 bits per heavy atom. The summed E-state index contributed by atoms with van der Waals surface area (Å²) < 4.78 is 2.02. The summed E-state index contributed by atoms with van der Waals surface area (Å²) in [6.45, 7) is 3.05. The first-order chi connectivity index (χ1) is 18.1. The van der Waals surface area contributed by atoms with Gasteiger partial charge in [-0.25, -0.2) is 5.43 Å². The molecule has 1 saturated carbocycles. The topological polar surface area (TPSA) is 91.3 Å². The first kappa shape index (κ1) is 24.1. The molecule has 3 aromatic rings. The first-order valence-electron chi connectivity index (χ1n) is 13.7. The van der Waals surface area contributed by atoms with E-state index in [0.29, 0.717) is 17.5 Å². The number of anilines is 1. The van der Waals surface area contributed by atoms with E-state index in [4.69, 9.17) is 5.10 Å². The van der Waals surface area contributed by atoms with Crippen molar-refractivity contribution in [2.45, 2.75) is 51.1 Å². The highest BCUT2D eigenvalue weighted by Gasteiger charge is 2.40. The van der Waals surface area contributed by atoms with Crippen LogP contribution in [0.4, 0.5) is 5.69 Å². The van der Waals surface area contributed by atoms with E-state index in [1.54, 1.807) is 0 Å². The van der Waals surface area contributed by atoms with Gasteiger partial charge in [-0.15, -0.1) is 0 Å². The average molecular weight is 501 g/mol. The van der Waals surface area contributed by atoms with Crippen LogP contribution in [0.2, 0.25) is 0 Å². The zero-order valence-electron chi connectivity index (χ0n) is 21.5. The lowest BCUT2D eigenvalue weighted by Gasteiger charge is -2.41. The third kappa shape index (κ3) is 4.88. The Balaban J connectivity index is 1.17. The number of piperidine rings is 1. The van der Waals surface area contributed by atoms with E-state index in [1.807, 2.05) is 47.1 Å². The third-order valence-corrected chi connectivity index (χ3v) is 8.61. The maximum atomic E-state index is 13.3. The lowest BCUT2D eigenvalue weighted by Crippen LogP contribution is -2.55. The van der Waals surface area contributed by atoms with Crippen LogP contribution in [-0.2, 0) is 11.3 Å². The molecule has 2 aromatic carbocycles. The number of likely N-dealkylation sites (tertiary alicyclic amines) is 1. The molecule has 3 aliphatic rings. The minimum absolute atomic E-state index is 0.0808. The van der Waals surface area contributed by atoms with Gasteiger partial charge in [0.15, 0.2) is 5.69 Å². The van der Waals surface area contributed by atoms with Crippen LogP contribution in [0.25, 0.3) is 10.9 Å². The van der Waals surface area contributed by atoms with Crippen molar-refractivity contribution in [2.24, 2.45) is 17.8 Å². The van der Waals surface area contributed by atoms with Gasteiger partial charge in [-0.05, 0) is 81.4 Å². The Hall–Kier alpha value is -3.23. The van der Waals surface area contributed by atoms with Gasteiger partial charge in [-0.1, -0.05) is 43.2 Å². The highest BCUT2D eigenvalue weighted by Crippen LogP contribution is 2.40. The number of carbonyl (C=O) groups excluding carboxylic acids is 2. The summed E-state index contributed by atoms with van der Waals surface area (Å²) in [6.07, 6.45) is 6.61. The number of rotatable bonds is 5. The zero-order chi connectivity index (χ0) is 25.4. The molecule has 37 heavy (non-hydrogen) atoms. The maximum absolute atomic E-state index is 13.3. The summed E-state index contributed by atoms with van der Waals surface area (Å²) in [5.74, 6) is 0.888. The van der Waals surface area contributed by atoms with Crippen LogP contribution >= 0.6 is 0 Å². The Kier molecular flexibility index (Phi) is 6.69. The molecule has 3 unspecified atom stereocenters. The molecule has 0 bridgehead atoms. The molecule has 1 aromatic heterocycles. The van der Waals surface area contributed by atoms with Crippen molar-refractivity contribution in [3.63, 3.8) is 0 Å². The van der Waals surface area contributed by atoms with Crippen molar-refractivity contribution in [3.05, 3.63) is 59.8 Å². The number of hydrazine groups is 1. The van der Waals surface area contributed by atoms with Gasteiger partial charge in [-0.3, -0.25) is 19.7 Å². The standard InChI is InChI=1S/C29H36N6O2/c1-34-16-14-19(15-17-34)18-35-25-9-5-4-8-24(25)27(33-35)29(37)30-21-12-10-20(11-13-21)26-22-6-2-3-7-23(22)28(36)32-31-26/h4-5,8-13,19,22-23,26,31H,2-3,6-7,14-18H2,1H3,(H,30,37)(H,32,36). The van der Waals surface area contributed by atoms with Crippen LogP contribution in [0.5, 0.6) is 0 Å². The van der Waals surface area contributed by atoms with Gasteiger partial charge < -0.3 is 10.2 Å². The fourth-order valence-corrected chi connectivity index (χ4v) is 6.45. The SMILES string of the molecule is CN1CCC(Cn2nc(C(=O)Nc3ccc(C4NNC(=O)C5CCCCC54)cc3)c3ccccc32)CC1. The molecule has 3 atom stereocenters. The quantitative estimate of drug-likeness (QED) is 0.490. The lowest BCUT2D eigenvalue weighted by molar-refractivity contribution is -0.133. The van der Waals surface area contributed by atoms with E-state index in [9.17, 15) is 9.59 Å². The molecular formula is C29H36N6O2. The Morgan fingerprint density at radius 1 is 1.03 bits per heavy atom. The molecule has 1 aliphatic carbocycles. The van der Waals surface area contributed by atoms with Crippen LogP contribution in [0, 0.1) is 17.8 Å². The van der Waals surface area contributed by atoms with Crippen LogP contribution in [-0.4, -0.2) is 46.6 Å². The molecule has 8 nitrogen and oxygen atoms in total. The fraction of sp³-hybridized carbons (Fsp3) is 0.483. The molecule has 0 radical (unpaired) electrons. The van der Waals surface area contributed by atoms with E-state index in [2.05, 4.69) is 34.2 Å². The van der Waals surface area contributed by atoms with E-state index in [0.717, 1.165) is 73.9 Å². The smallest absolute Gasteiger partial charge is 0.276 e. The summed E-state index contributed by atoms with van der Waals surface area (Å²) >= 11 is 0. The van der Waals surface area contributed by atoms with Gasteiger partial charge in [0.2, 0.25) is 5.91 Å². The van der Waals surface area contributed by atoms with Crippen molar-refractivity contribution in [1.29, 1.82) is 0 Å². The van der Waals surface area contributed by atoms with Gasteiger partial charge in [0, 0.05) is 23.5 Å². The molecule has 6 rings (SSSR count). The predicted octanol–water partition coefficient (Wildman–Crippen LogP) is 4.11. The minimum atomic E-state index is -0.193. The summed E-state index contributed by atoms with van der Waals surface area (Å²) in [5, 5.41) is 8.72. The Labute approximate surface area is 217 Å². The molecule has 2 saturated heterocycles. The first-order valence-corrected chi connectivity index (χ1v) is 13.7. The summed E-state index contributed by atoms with van der Waals surface area (Å²) in [5.41, 5.74) is 9.45. The van der Waals surface area contributed by atoms with Crippen molar-refractivity contribution in [3.8, 4) is 0 Å². The molecule has 3 fully saturated rings. The largest absolute Gasteiger partial charge is 0.321 e. The molecule has 2 aliphatic heterocycles. The molecule has 2 amide bonds. The van der Waals surface area contributed by atoms with Crippen molar-refractivity contribution in [2.75, 3.05) is 25.5 Å². The van der Waals surface area contributed by atoms with Gasteiger partial charge in [0.25, 0.3) is 5.91 Å². The molecule has 3 heterocycles. The van der Waals surface area contributed by atoms with Gasteiger partial charge in [0.1, 0.15) is 0 Å². The van der Waals surface area contributed by atoms with Gasteiger partial charge in [0.05, 0.1) is 11.6 Å². The molecule has 0 spiro atoms. The lowest BCUT2D eigenvalue weighted by atomic mass is 9.72. The Bertz CT molecular complexity index is 1280. The number of para-hydroxylation sites is 1.